The Bertz CT molecular complexity index is 1270. The Kier molecular flexibility index (Phi) is 7.44. The molecule has 2 aromatic heterocycles. The molecule has 8 nitrogen and oxygen atoms in total. The van der Waals surface area contributed by atoms with Crippen LogP contribution in [0.15, 0.2) is 29.8 Å². The number of piperidine rings is 1. The molecule has 3 heterocycles. The van der Waals surface area contributed by atoms with Crippen LogP contribution < -0.4 is 11.1 Å². The van der Waals surface area contributed by atoms with Gasteiger partial charge in [-0.1, -0.05) is 0 Å². The number of sulfonamides is 1. The number of rotatable bonds is 9. The van der Waals surface area contributed by atoms with E-state index in [9.17, 15) is 18.3 Å². The highest BCUT2D eigenvalue weighted by Gasteiger charge is 2.29. The predicted octanol–water partition coefficient (Wildman–Crippen LogP) is 2.99. The number of carbonyl (C=O) groups excluding carboxylic acids is 1. The zero-order valence-electron chi connectivity index (χ0n) is 19.5. The zero-order valence-corrected chi connectivity index (χ0v) is 21.1. The average molecular weight is 505 g/mol. The molecule has 0 bridgehead atoms. The Hall–Kier alpha value is -2.24. The van der Waals surface area contributed by atoms with Crippen molar-refractivity contribution in [2.75, 3.05) is 25.4 Å². The Labute approximate surface area is 204 Å². The summed E-state index contributed by atoms with van der Waals surface area (Å²) in [5, 5.41) is 15.5. The molecular formula is C24H32N4O4S2. The van der Waals surface area contributed by atoms with Crippen molar-refractivity contribution in [1.82, 2.24) is 14.6 Å². The maximum absolute atomic E-state index is 12.3. The van der Waals surface area contributed by atoms with Crippen LogP contribution >= 0.6 is 11.3 Å². The van der Waals surface area contributed by atoms with E-state index in [0.717, 1.165) is 45.3 Å². The number of nitrogens with two attached hydrogens (primary N) is 1. The molecule has 1 atom stereocenters. The number of hydrogen-bond donors (Lipinski definition) is 4. The molecular weight excluding hydrogens is 472 g/mol. The predicted molar refractivity (Wildman–Crippen MR) is 137 cm³/mol. The third-order valence-electron chi connectivity index (χ3n) is 6.62. The van der Waals surface area contributed by atoms with Crippen molar-refractivity contribution in [3.63, 3.8) is 0 Å². The summed E-state index contributed by atoms with van der Waals surface area (Å²) in [4.78, 5) is 16.7. The van der Waals surface area contributed by atoms with Crippen LogP contribution in [0.25, 0.3) is 22.0 Å². The van der Waals surface area contributed by atoms with E-state index < -0.39 is 15.9 Å². The normalized spacial score (nSPS) is 16.8. The number of aromatic nitrogens is 1. The van der Waals surface area contributed by atoms with Gasteiger partial charge in [0.05, 0.1) is 23.4 Å². The van der Waals surface area contributed by atoms with Gasteiger partial charge in [-0.25, -0.2) is 12.7 Å². The number of nitrogens with one attached hydrogen (secondary N) is 2. The van der Waals surface area contributed by atoms with Crippen molar-refractivity contribution in [3.05, 3.63) is 45.8 Å². The number of H-pyrrole nitrogens is 1. The molecule has 1 aliphatic rings. The van der Waals surface area contributed by atoms with Crippen molar-refractivity contribution in [3.8, 4) is 11.1 Å². The van der Waals surface area contributed by atoms with E-state index in [-0.39, 0.29) is 24.3 Å². The van der Waals surface area contributed by atoms with Gasteiger partial charge < -0.3 is 21.1 Å². The fraction of sp³-hybridized carbons (Fsp3) is 0.458. The van der Waals surface area contributed by atoms with Gasteiger partial charge in [0, 0.05) is 42.1 Å². The van der Waals surface area contributed by atoms with E-state index in [1.165, 1.54) is 0 Å². The highest BCUT2D eigenvalue weighted by Crippen LogP contribution is 2.38. The molecule has 0 radical (unpaired) electrons. The van der Waals surface area contributed by atoms with E-state index in [1.807, 2.05) is 19.2 Å². The molecule has 1 aliphatic heterocycles. The first-order valence-corrected chi connectivity index (χ1v) is 14.1. The third-order valence-corrected chi connectivity index (χ3v) is 9.44. The number of nitrogens with zero attached hydrogens (tertiary/aromatic N) is 1. The summed E-state index contributed by atoms with van der Waals surface area (Å²) in [5.41, 5.74) is 9.94. The van der Waals surface area contributed by atoms with Crippen molar-refractivity contribution in [2.24, 2.45) is 5.73 Å². The van der Waals surface area contributed by atoms with Gasteiger partial charge in [0.2, 0.25) is 10.0 Å². The van der Waals surface area contributed by atoms with Crippen LogP contribution in [0.3, 0.4) is 0 Å². The molecule has 0 saturated carbocycles. The molecule has 3 aromatic rings. The molecule has 0 spiro atoms. The first kappa shape index (κ1) is 24.9. The van der Waals surface area contributed by atoms with Crippen LogP contribution in [-0.4, -0.2) is 60.2 Å². The van der Waals surface area contributed by atoms with Crippen LogP contribution in [0.4, 0.5) is 0 Å². The molecule has 0 aliphatic carbocycles. The summed E-state index contributed by atoms with van der Waals surface area (Å²) in [6, 6.07) is 6.04. The van der Waals surface area contributed by atoms with E-state index in [2.05, 4.69) is 27.8 Å². The lowest BCUT2D eigenvalue weighted by molar-refractivity contribution is 0.100. The fourth-order valence-electron chi connectivity index (χ4n) is 4.54. The number of thiophene rings is 1. The number of carbonyl (C=O) groups is 1. The number of fused-ring (bicyclic) bond motifs is 1. The van der Waals surface area contributed by atoms with Crippen LogP contribution in [-0.2, 0) is 16.6 Å². The minimum atomic E-state index is -3.18. The molecule has 1 saturated heterocycles. The molecule has 10 heteroatoms. The van der Waals surface area contributed by atoms with E-state index in [1.54, 1.807) is 22.6 Å². The number of amides is 1. The molecule has 0 unspecified atom stereocenters. The lowest BCUT2D eigenvalue weighted by Gasteiger charge is -2.31. The van der Waals surface area contributed by atoms with E-state index in [4.69, 9.17) is 5.73 Å². The minimum Gasteiger partial charge on any atom is -0.395 e. The van der Waals surface area contributed by atoms with Crippen LogP contribution in [0.5, 0.6) is 0 Å². The molecule has 4 rings (SSSR count). The summed E-state index contributed by atoms with van der Waals surface area (Å²) >= 11 is 1.62. The molecule has 5 N–H and O–H groups in total. The maximum atomic E-state index is 12.3. The second kappa shape index (κ2) is 10.2. The highest BCUT2D eigenvalue weighted by atomic mass is 32.2. The van der Waals surface area contributed by atoms with Crippen LogP contribution in [0.1, 0.15) is 53.4 Å². The summed E-state index contributed by atoms with van der Waals surface area (Å²) in [7, 11) is -3.18. The lowest BCUT2D eigenvalue weighted by atomic mass is 9.88. The number of aromatic amines is 1. The molecule has 184 valence electrons. The maximum Gasteiger partial charge on any atom is 0.250 e. The van der Waals surface area contributed by atoms with Gasteiger partial charge in [0.15, 0.2) is 0 Å². The number of aliphatic hydroxyl groups is 1. The first-order valence-electron chi connectivity index (χ1n) is 11.6. The van der Waals surface area contributed by atoms with Gasteiger partial charge in [-0.05, 0) is 72.9 Å². The van der Waals surface area contributed by atoms with E-state index >= 15 is 0 Å². The largest absolute Gasteiger partial charge is 0.395 e. The standard InChI is InChI=1S/C24H32N4O4S2/c1-3-34(31,32)28-6-4-16(5-7-28)22-12-27-23-20(22)9-17(10-21(23)24(25)30)18-8-19(33-14-18)11-26-15(2)13-29/h8-10,12,14-16,26-27,29H,3-7,11,13H2,1-2H3,(H2,25,30)/t15-/m1/s1. The summed E-state index contributed by atoms with van der Waals surface area (Å²) in [5.74, 6) is -0.166. The molecule has 1 fully saturated rings. The van der Waals surface area contributed by atoms with Gasteiger partial charge in [-0.2, -0.15) is 0 Å². The Morgan fingerprint density at radius 1 is 1.29 bits per heavy atom. The third kappa shape index (κ3) is 5.06. The van der Waals surface area contributed by atoms with Crippen molar-refractivity contribution < 1.29 is 18.3 Å². The van der Waals surface area contributed by atoms with Crippen molar-refractivity contribution in [1.29, 1.82) is 0 Å². The summed E-state index contributed by atoms with van der Waals surface area (Å²) in [6.07, 6.45) is 3.41. The molecule has 1 aromatic carbocycles. The van der Waals surface area contributed by atoms with Gasteiger partial charge in [0.25, 0.3) is 5.91 Å². The van der Waals surface area contributed by atoms with Gasteiger partial charge in [-0.3, -0.25) is 4.79 Å². The van der Waals surface area contributed by atoms with Gasteiger partial charge >= 0.3 is 0 Å². The summed E-state index contributed by atoms with van der Waals surface area (Å²) in [6.45, 7) is 5.35. The Morgan fingerprint density at radius 2 is 2.03 bits per heavy atom. The quantitative estimate of drug-likeness (QED) is 0.356. The zero-order chi connectivity index (χ0) is 24.5. The fourth-order valence-corrected chi connectivity index (χ4v) is 6.52. The summed E-state index contributed by atoms with van der Waals surface area (Å²) < 4.78 is 26.1. The average Bonchev–Trinajstić information content (AvgIpc) is 3.49. The monoisotopic (exact) mass is 504 g/mol. The number of aliphatic hydroxyl groups excluding tert-OH is 1. The SMILES string of the molecule is CCS(=O)(=O)N1CCC(c2c[nH]c3c(C(N)=O)cc(-c4csc(CN[C@H](C)CO)c4)cc23)CC1. The number of benzene rings is 1. The van der Waals surface area contributed by atoms with Crippen molar-refractivity contribution >= 4 is 38.2 Å². The second-order valence-corrected chi connectivity index (χ2v) is 12.1. The first-order chi connectivity index (χ1) is 16.2. The molecule has 34 heavy (non-hydrogen) atoms. The number of hydrogen-bond acceptors (Lipinski definition) is 6. The Balaban J connectivity index is 1.64. The molecule has 1 amide bonds. The second-order valence-electron chi connectivity index (χ2n) is 8.89. The smallest absolute Gasteiger partial charge is 0.250 e. The van der Waals surface area contributed by atoms with Crippen LogP contribution in [0, 0.1) is 0 Å². The van der Waals surface area contributed by atoms with Gasteiger partial charge in [-0.15, -0.1) is 11.3 Å². The Morgan fingerprint density at radius 3 is 2.68 bits per heavy atom. The highest BCUT2D eigenvalue weighted by molar-refractivity contribution is 7.89. The minimum absolute atomic E-state index is 0.0181. The van der Waals surface area contributed by atoms with E-state index in [0.29, 0.717) is 25.2 Å². The van der Waals surface area contributed by atoms with Crippen LogP contribution in [0.2, 0.25) is 0 Å². The lowest BCUT2D eigenvalue weighted by Crippen LogP contribution is -2.38. The van der Waals surface area contributed by atoms with Crippen molar-refractivity contribution in [2.45, 2.75) is 45.2 Å². The topological polar surface area (TPSA) is 129 Å². The number of primary amides is 1. The van der Waals surface area contributed by atoms with Gasteiger partial charge in [0.1, 0.15) is 0 Å².